The molecule has 1 saturated heterocycles. The van der Waals surface area contributed by atoms with Crippen LogP contribution in [0.2, 0.25) is 10.0 Å². The molecule has 0 bridgehead atoms. The quantitative estimate of drug-likeness (QED) is 0.642. The number of hydrogen-bond donors (Lipinski definition) is 2. The Morgan fingerprint density at radius 1 is 1.32 bits per heavy atom. The first kappa shape index (κ1) is 19.5. The van der Waals surface area contributed by atoms with Crippen LogP contribution in [0.3, 0.4) is 0 Å². The third-order valence-electron chi connectivity index (χ3n) is 5.09. The number of amides is 1. The largest absolute Gasteiger partial charge is 0.347 e. The van der Waals surface area contributed by atoms with Crippen LogP contribution in [0, 0.1) is 0 Å². The van der Waals surface area contributed by atoms with Crippen LogP contribution in [0.15, 0.2) is 41.9 Å². The Morgan fingerprint density at radius 2 is 2.11 bits per heavy atom. The molecule has 2 aromatic heterocycles. The molecular weight excluding hydrogens is 415 g/mol. The number of carbonyl (C=O) groups is 1. The SMILES string of the molecule is Cn1ncc(Cl)c1-c1csc(C(=O)N[C@H]2CNCC[C@@H]2c2ccc(Cl)cc2)c1. The van der Waals surface area contributed by atoms with E-state index in [-0.39, 0.29) is 17.9 Å². The normalized spacial score (nSPS) is 19.5. The van der Waals surface area contributed by atoms with Crippen molar-refractivity contribution in [3.05, 3.63) is 62.4 Å². The molecule has 146 valence electrons. The molecule has 0 unspecified atom stereocenters. The van der Waals surface area contributed by atoms with Crippen molar-refractivity contribution in [2.24, 2.45) is 7.05 Å². The molecule has 1 aromatic carbocycles. The van der Waals surface area contributed by atoms with Crippen LogP contribution < -0.4 is 10.6 Å². The van der Waals surface area contributed by atoms with Crippen molar-refractivity contribution in [3.8, 4) is 11.3 Å². The predicted octanol–water partition coefficient (Wildman–Crippen LogP) is 4.33. The molecule has 1 aliphatic rings. The second-order valence-corrected chi connectivity index (χ2v) is 8.65. The van der Waals surface area contributed by atoms with Gasteiger partial charge in [0.1, 0.15) is 0 Å². The Morgan fingerprint density at radius 3 is 2.82 bits per heavy atom. The van der Waals surface area contributed by atoms with E-state index < -0.39 is 0 Å². The van der Waals surface area contributed by atoms with Gasteiger partial charge in [-0.1, -0.05) is 35.3 Å². The van der Waals surface area contributed by atoms with E-state index in [4.69, 9.17) is 23.2 Å². The topological polar surface area (TPSA) is 59.0 Å². The van der Waals surface area contributed by atoms with E-state index in [9.17, 15) is 4.79 Å². The summed E-state index contributed by atoms with van der Waals surface area (Å²) < 4.78 is 1.72. The second-order valence-electron chi connectivity index (χ2n) is 6.90. The second kappa shape index (κ2) is 8.25. The number of nitrogens with zero attached hydrogens (tertiary/aromatic N) is 2. The average molecular weight is 435 g/mol. The maximum absolute atomic E-state index is 12.9. The lowest BCUT2D eigenvalue weighted by molar-refractivity contribution is 0.0928. The molecule has 0 radical (unpaired) electrons. The number of nitrogens with one attached hydrogen (secondary N) is 2. The van der Waals surface area contributed by atoms with Crippen molar-refractivity contribution in [2.75, 3.05) is 13.1 Å². The minimum absolute atomic E-state index is 0.0215. The number of rotatable bonds is 4. The Hall–Kier alpha value is -1.86. The Kier molecular flexibility index (Phi) is 5.73. The molecule has 2 atom stereocenters. The number of thiophene rings is 1. The number of piperidine rings is 1. The van der Waals surface area contributed by atoms with E-state index in [0.29, 0.717) is 9.90 Å². The van der Waals surface area contributed by atoms with Gasteiger partial charge in [-0.05, 0) is 36.7 Å². The van der Waals surface area contributed by atoms with Gasteiger partial charge in [-0.15, -0.1) is 11.3 Å². The fraction of sp³-hybridized carbons (Fsp3) is 0.300. The van der Waals surface area contributed by atoms with Gasteiger partial charge in [0, 0.05) is 41.5 Å². The number of halogens is 2. The van der Waals surface area contributed by atoms with Gasteiger partial charge in [-0.2, -0.15) is 5.10 Å². The smallest absolute Gasteiger partial charge is 0.261 e. The van der Waals surface area contributed by atoms with Gasteiger partial charge in [0.25, 0.3) is 5.91 Å². The minimum atomic E-state index is -0.0674. The van der Waals surface area contributed by atoms with Gasteiger partial charge in [-0.25, -0.2) is 0 Å². The molecule has 4 rings (SSSR count). The van der Waals surface area contributed by atoms with E-state index in [2.05, 4.69) is 15.7 Å². The van der Waals surface area contributed by atoms with Crippen LogP contribution in [-0.2, 0) is 7.05 Å². The van der Waals surface area contributed by atoms with E-state index >= 15 is 0 Å². The van der Waals surface area contributed by atoms with Crippen molar-refractivity contribution in [3.63, 3.8) is 0 Å². The fourth-order valence-corrected chi connectivity index (χ4v) is 4.87. The molecule has 0 saturated carbocycles. The molecular formula is C20H20Cl2N4OS. The summed E-state index contributed by atoms with van der Waals surface area (Å²) in [5.41, 5.74) is 2.91. The van der Waals surface area contributed by atoms with Crippen molar-refractivity contribution >= 4 is 40.4 Å². The highest BCUT2D eigenvalue weighted by Crippen LogP contribution is 2.31. The number of hydrogen-bond acceptors (Lipinski definition) is 4. The predicted molar refractivity (Wildman–Crippen MR) is 114 cm³/mol. The zero-order valence-electron chi connectivity index (χ0n) is 15.3. The van der Waals surface area contributed by atoms with E-state index in [1.54, 1.807) is 10.9 Å². The average Bonchev–Trinajstić information content (AvgIpc) is 3.29. The molecule has 1 amide bonds. The highest BCUT2D eigenvalue weighted by molar-refractivity contribution is 7.12. The highest BCUT2D eigenvalue weighted by Gasteiger charge is 2.28. The molecule has 3 aromatic rings. The first-order chi connectivity index (χ1) is 13.5. The van der Waals surface area contributed by atoms with Crippen LogP contribution in [0.1, 0.15) is 27.6 Å². The highest BCUT2D eigenvalue weighted by atomic mass is 35.5. The summed E-state index contributed by atoms with van der Waals surface area (Å²) in [6, 6.07) is 9.79. The van der Waals surface area contributed by atoms with Crippen molar-refractivity contribution in [2.45, 2.75) is 18.4 Å². The minimum Gasteiger partial charge on any atom is -0.347 e. The molecule has 0 spiro atoms. The molecule has 0 aliphatic carbocycles. The third kappa shape index (κ3) is 3.96. The van der Waals surface area contributed by atoms with E-state index in [0.717, 1.165) is 35.8 Å². The third-order valence-corrected chi connectivity index (χ3v) is 6.55. The summed E-state index contributed by atoms with van der Waals surface area (Å²) in [6.07, 6.45) is 2.58. The fourth-order valence-electron chi connectivity index (χ4n) is 3.67. The van der Waals surface area contributed by atoms with Gasteiger partial charge in [0.2, 0.25) is 0 Å². The zero-order valence-corrected chi connectivity index (χ0v) is 17.6. The standard InChI is InChI=1S/C20H20Cl2N4OS/c1-26-19(16(22)9-24-26)13-8-18(28-11-13)20(27)25-17-10-23-7-6-15(17)12-2-4-14(21)5-3-12/h2-5,8-9,11,15,17,23H,6-7,10H2,1H3,(H,25,27)/t15-,17+/m1/s1. The van der Waals surface area contributed by atoms with Crippen molar-refractivity contribution in [1.82, 2.24) is 20.4 Å². The number of aryl methyl sites for hydroxylation is 1. The summed E-state index contributed by atoms with van der Waals surface area (Å²) in [4.78, 5) is 13.6. The van der Waals surface area contributed by atoms with Crippen molar-refractivity contribution in [1.29, 1.82) is 0 Å². The van der Waals surface area contributed by atoms with E-state index in [1.165, 1.54) is 16.9 Å². The van der Waals surface area contributed by atoms with Crippen molar-refractivity contribution < 1.29 is 4.79 Å². The maximum atomic E-state index is 12.9. The molecule has 3 heterocycles. The molecule has 5 nitrogen and oxygen atoms in total. The molecule has 28 heavy (non-hydrogen) atoms. The van der Waals surface area contributed by atoms with Gasteiger partial charge >= 0.3 is 0 Å². The number of benzene rings is 1. The van der Waals surface area contributed by atoms with Gasteiger partial charge in [0.15, 0.2) is 0 Å². The van der Waals surface area contributed by atoms with E-state index in [1.807, 2.05) is 42.8 Å². The lowest BCUT2D eigenvalue weighted by Gasteiger charge is -2.33. The summed E-state index contributed by atoms with van der Waals surface area (Å²) in [5.74, 6) is 0.190. The summed E-state index contributed by atoms with van der Waals surface area (Å²) in [5, 5.41) is 14.0. The maximum Gasteiger partial charge on any atom is 0.261 e. The molecule has 8 heteroatoms. The summed E-state index contributed by atoms with van der Waals surface area (Å²) in [6.45, 7) is 1.67. The van der Waals surface area contributed by atoms with Crippen LogP contribution in [0.4, 0.5) is 0 Å². The Balaban J connectivity index is 1.51. The van der Waals surface area contributed by atoms with Gasteiger partial charge in [-0.3, -0.25) is 9.48 Å². The molecule has 1 fully saturated rings. The van der Waals surface area contributed by atoms with Gasteiger partial charge in [0.05, 0.1) is 21.8 Å². The monoisotopic (exact) mass is 434 g/mol. The molecule has 1 aliphatic heterocycles. The number of aromatic nitrogens is 2. The summed E-state index contributed by atoms with van der Waals surface area (Å²) in [7, 11) is 1.84. The van der Waals surface area contributed by atoms with Crippen LogP contribution >= 0.6 is 34.5 Å². The molecule has 2 N–H and O–H groups in total. The van der Waals surface area contributed by atoms with Crippen LogP contribution in [0.25, 0.3) is 11.3 Å². The first-order valence-electron chi connectivity index (χ1n) is 9.06. The van der Waals surface area contributed by atoms with Gasteiger partial charge < -0.3 is 10.6 Å². The zero-order chi connectivity index (χ0) is 19.7. The Bertz CT molecular complexity index is 963. The first-order valence-corrected chi connectivity index (χ1v) is 10.7. The summed E-state index contributed by atoms with van der Waals surface area (Å²) >= 11 is 13.7. The van der Waals surface area contributed by atoms with Crippen LogP contribution in [-0.4, -0.2) is 34.8 Å². The lowest BCUT2D eigenvalue weighted by atomic mass is 9.86. The Labute approximate surface area is 177 Å². The van der Waals surface area contributed by atoms with Crippen LogP contribution in [0.5, 0.6) is 0 Å². The number of carbonyl (C=O) groups excluding carboxylic acids is 1. The lowest BCUT2D eigenvalue weighted by Crippen LogP contribution is -2.49.